The lowest BCUT2D eigenvalue weighted by molar-refractivity contribution is -0.177. The summed E-state index contributed by atoms with van der Waals surface area (Å²) in [6.45, 7) is 4.23. The predicted molar refractivity (Wildman–Crippen MR) is 30.2 cm³/mol. The summed E-state index contributed by atoms with van der Waals surface area (Å²) in [5, 5.41) is 0. The van der Waals surface area contributed by atoms with Crippen LogP contribution < -0.4 is 0 Å². The van der Waals surface area contributed by atoms with Crippen LogP contribution in [-0.2, 0) is 4.74 Å². The van der Waals surface area contributed by atoms with E-state index in [0.29, 0.717) is 5.41 Å². The molecule has 2 heteroatoms. The molecule has 2 heterocycles. The van der Waals surface area contributed by atoms with Gasteiger partial charge in [0.05, 0.1) is 13.2 Å². The van der Waals surface area contributed by atoms with E-state index in [1.54, 1.807) is 0 Å². The fraction of sp³-hybridized carbons (Fsp3) is 0.833. The number of rotatable bonds is 0. The van der Waals surface area contributed by atoms with Gasteiger partial charge in [0, 0.05) is 25.6 Å². The Balaban J connectivity index is 1.92. The van der Waals surface area contributed by atoms with Gasteiger partial charge in [-0.2, -0.15) is 0 Å². The highest BCUT2D eigenvalue weighted by Gasteiger charge is 2.47. The molecule has 1 spiro atoms. The van der Waals surface area contributed by atoms with Gasteiger partial charge in [0.1, 0.15) is 0 Å². The fourth-order valence-electron chi connectivity index (χ4n) is 1.48. The third kappa shape index (κ3) is 0.446. The molecule has 1 radical (unpaired) electrons. The van der Waals surface area contributed by atoms with Crippen LogP contribution in [0, 0.1) is 12.5 Å². The Bertz CT molecular complexity index is 101. The number of hydrogen-bond donors (Lipinski definition) is 0. The Morgan fingerprint density at radius 1 is 1.38 bits per heavy atom. The molecule has 0 bridgehead atoms. The first-order valence-electron chi connectivity index (χ1n) is 2.94. The van der Waals surface area contributed by atoms with Gasteiger partial charge in [-0.25, -0.2) is 0 Å². The zero-order valence-corrected chi connectivity index (χ0v) is 4.89. The summed E-state index contributed by atoms with van der Waals surface area (Å²) in [5.74, 6) is 0. The predicted octanol–water partition coefficient (Wildman–Crippen LogP) is 0.110. The first kappa shape index (κ1) is 4.77. The van der Waals surface area contributed by atoms with E-state index in [9.17, 15) is 0 Å². The molecule has 0 aromatic rings. The number of ether oxygens (including phenoxy) is 1. The van der Waals surface area contributed by atoms with Gasteiger partial charge < -0.3 is 9.64 Å². The summed E-state index contributed by atoms with van der Waals surface area (Å²) in [6, 6.07) is 0. The van der Waals surface area contributed by atoms with Crippen molar-refractivity contribution in [3.8, 4) is 0 Å². The third-order valence-corrected chi connectivity index (χ3v) is 1.93. The van der Waals surface area contributed by atoms with Gasteiger partial charge in [-0.15, -0.1) is 0 Å². The van der Waals surface area contributed by atoms with Crippen LogP contribution in [0.1, 0.15) is 0 Å². The smallest absolute Gasteiger partial charge is 0.0569 e. The molecule has 2 fully saturated rings. The Morgan fingerprint density at radius 2 is 2.00 bits per heavy atom. The summed E-state index contributed by atoms with van der Waals surface area (Å²) >= 11 is 0. The van der Waals surface area contributed by atoms with Crippen LogP contribution in [0.4, 0.5) is 0 Å². The number of likely N-dealkylation sites (tertiary alicyclic amines) is 1. The molecule has 0 amide bonds. The minimum absolute atomic E-state index is 0.557. The van der Waals surface area contributed by atoms with Crippen molar-refractivity contribution >= 4 is 0 Å². The van der Waals surface area contributed by atoms with Crippen molar-refractivity contribution in [1.29, 1.82) is 0 Å². The monoisotopic (exact) mass is 112 g/mol. The second kappa shape index (κ2) is 1.25. The first-order chi connectivity index (χ1) is 3.81. The van der Waals surface area contributed by atoms with Crippen LogP contribution in [-0.4, -0.2) is 31.2 Å². The Kier molecular flexibility index (Phi) is 0.746. The lowest BCUT2D eigenvalue weighted by atomic mass is 9.79. The van der Waals surface area contributed by atoms with E-state index in [2.05, 4.69) is 11.9 Å². The van der Waals surface area contributed by atoms with Crippen LogP contribution in [0.5, 0.6) is 0 Å². The van der Waals surface area contributed by atoms with E-state index in [1.165, 1.54) is 0 Å². The molecule has 2 aliphatic rings. The normalized spacial score (nSPS) is 34.1. The molecule has 0 N–H and O–H groups in total. The molecule has 0 unspecified atom stereocenters. The van der Waals surface area contributed by atoms with Gasteiger partial charge in [0.15, 0.2) is 0 Å². The SMILES string of the molecule is [CH2]N1CC2(COC2)C1. The second-order valence-electron chi connectivity index (χ2n) is 2.98. The second-order valence-corrected chi connectivity index (χ2v) is 2.98. The van der Waals surface area contributed by atoms with Crippen LogP contribution >= 0.6 is 0 Å². The van der Waals surface area contributed by atoms with Crippen LogP contribution in [0.25, 0.3) is 0 Å². The lowest BCUT2D eigenvalue weighted by Crippen LogP contribution is -2.63. The van der Waals surface area contributed by atoms with Crippen molar-refractivity contribution in [2.24, 2.45) is 5.41 Å². The molecular weight excluding hydrogens is 102 g/mol. The van der Waals surface area contributed by atoms with Gasteiger partial charge in [-0.05, 0) is 0 Å². The molecule has 2 saturated heterocycles. The summed E-state index contributed by atoms with van der Waals surface area (Å²) in [5.41, 5.74) is 0.557. The number of hydrogen-bond acceptors (Lipinski definition) is 2. The summed E-state index contributed by atoms with van der Waals surface area (Å²) < 4.78 is 5.07. The minimum Gasteiger partial charge on any atom is -0.380 e. The van der Waals surface area contributed by atoms with Crippen molar-refractivity contribution in [3.05, 3.63) is 7.05 Å². The van der Waals surface area contributed by atoms with Gasteiger partial charge >= 0.3 is 0 Å². The Morgan fingerprint density at radius 3 is 2.12 bits per heavy atom. The van der Waals surface area contributed by atoms with Crippen LogP contribution in [0.15, 0.2) is 0 Å². The van der Waals surface area contributed by atoms with Crippen LogP contribution in [0.3, 0.4) is 0 Å². The van der Waals surface area contributed by atoms with Gasteiger partial charge in [0.25, 0.3) is 0 Å². The number of nitrogens with zero attached hydrogens (tertiary/aromatic N) is 1. The fourth-order valence-corrected chi connectivity index (χ4v) is 1.48. The van der Waals surface area contributed by atoms with Crippen LogP contribution in [0.2, 0.25) is 0 Å². The van der Waals surface area contributed by atoms with E-state index in [4.69, 9.17) is 4.74 Å². The molecule has 8 heavy (non-hydrogen) atoms. The van der Waals surface area contributed by atoms with Gasteiger partial charge in [-0.3, -0.25) is 0 Å². The largest absolute Gasteiger partial charge is 0.380 e. The molecule has 0 saturated carbocycles. The van der Waals surface area contributed by atoms with E-state index < -0.39 is 0 Å². The molecule has 0 atom stereocenters. The highest BCUT2D eigenvalue weighted by atomic mass is 16.5. The molecule has 2 rings (SSSR count). The standard InChI is InChI=1S/C6H10NO/c1-7-2-6(3-7)4-8-5-6/h1-5H2. The maximum Gasteiger partial charge on any atom is 0.0569 e. The zero-order valence-electron chi connectivity index (χ0n) is 4.89. The third-order valence-electron chi connectivity index (χ3n) is 1.93. The lowest BCUT2D eigenvalue weighted by Gasteiger charge is -2.53. The molecule has 0 aromatic carbocycles. The van der Waals surface area contributed by atoms with Gasteiger partial charge in [-0.1, -0.05) is 0 Å². The molecule has 45 valence electrons. The van der Waals surface area contributed by atoms with Crippen molar-refractivity contribution in [1.82, 2.24) is 4.90 Å². The highest BCUT2D eigenvalue weighted by molar-refractivity contribution is 4.98. The summed E-state index contributed by atoms with van der Waals surface area (Å²) in [6.07, 6.45) is 0. The average molecular weight is 112 g/mol. The quantitative estimate of drug-likeness (QED) is 0.441. The maximum absolute atomic E-state index is 5.07. The van der Waals surface area contributed by atoms with Gasteiger partial charge in [0.2, 0.25) is 0 Å². The van der Waals surface area contributed by atoms with Crippen molar-refractivity contribution in [2.45, 2.75) is 0 Å². The van der Waals surface area contributed by atoms with Crippen molar-refractivity contribution < 1.29 is 4.74 Å². The van der Waals surface area contributed by atoms with Crippen molar-refractivity contribution in [3.63, 3.8) is 0 Å². The van der Waals surface area contributed by atoms with E-state index >= 15 is 0 Å². The van der Waals surface area contributed by atoms with E-state index in [-0.39, 0.29) is 0 Å². The highest BCUT2D eigenvalue weighted by Crippen LogP contribution is 2.36. The molecule has 0 aliphatic carbocycles. The van der Waals surface area contributed by atoms with E-state index in [0.717, 1.165) is 26.3 Å². The molecule has 0 aromatic heterocycles. The topological polar surface area (TPSA) is 12.5 Å². The minimum atomic E-state index is 0.557. The summed E-state index contributed by atoms with van der Waals surface area (Å²) in [7, 11) is 3.80. The zero-order chi connectivity index (χ0) is 5.61. The maximum atomic E-state index is 5.07. The Labute approximate surface area is 49.4 Å². The first-order valence-corrected chi connectivity index (χ1v) is 2.94. The molecule has 2 nitrogen and oxygen atoms in total. The molecular formula is C6H10NO. The van der Waals surface area contributed by atoms with Crippen molar-refractivity contribution in [2.75, 3.05) is 26.3 Å². The summed E-state index contributed by atoms with van der Waals surface area (Å²) in [4.78, 5) is 2.09. The van der Waals surface area contributed by atoms with E-state index in [1.807, 2.05) is 0 Å². The average Bonchev–Trinajstić information content (AvgIpc) is 1.51. The Hall–Kier alpha value is -0.0800. The molecule has 2 aliphatic heterocycles.